The Labute approximate surface area is 86.8 Å². The zero-order chi connectivity index (χ0) is 10.7. The monoisotopic (exact) mass is 214 g/mol. The summed E-state index contributed by atoms with van der Waals surface area (Å²) in [5.41, 5.74) is 6.23. The molecule has 0 amide bonds. The first-order chi connectivity index (χ1) is 6.50. The molecule has 0 aliphatic heterocycles. The maximum absolute atomic E-state index is 10.6. The summed E-state index contributed by atoms with van der Waals surface area (Å²) in [4.78, 5) is 10.2. The van der Waals surface area contributed by atoms with Gasteiger partial charge in [0.25, 0.3) is 5.69 Å². The molecule has 0 aliphatic carbocycles. The third-order valence-electron chi connectivity index (χ3n) is 1.78. The van der Waals surface area contributed by atoms with Crippen LogP contribution in [0.15, 0.2) is 18.2 Å². The molecule has 5 heteroatoms. The summed E-state index contributed by atoms with van der Waals surface area (Å²) < 4.78 is 0. The molecule has 0 aromatic heterocycles. The van der Waals surface area contributed by atoms with Crippen molar-refractivity contribution in [1.29, 1.82) is 0 Å². The molecule has 1 atom stereocenters. The lowest BCUT2D eigenvalue weighted by Crippen LogP contribution is -2.18. The summed E-state index contributed by atoms with van der Waals surface area (Å²) in [5.74, 6) is 0. The zero-order valence-electron chi connectivity index (χ0n) is 7.74. The van der Waals surface area contributed by atoms with E-state index in [1.807, 2.05) is 0 Å². The molecule has 1 aromatic carbocycles. The number of hydrogen-bond donors (Lipinski definition) is 1. The fraction of sp³-hybridized carbons (Fsp3) is 0.333. The lowest BCUT2D eigenvalue weighted by atomic mass is 10.1. The second-order valence-corrected chi connectivity index (χ2v) is 3.65. The second kappa shape index (κ2) is 4.39. The van der Waals surface area contributed by atoms with Crippen LogP contribution in [-0.4, -0.2) is 11.0 Å². The molecular formula is C9H11ClN2O2. The minimum atomic E-state index is -0.423. The highest BCUT2D eigenvalue weighted by Gasteiger charge is 2.14. The standard InChI is InChI=1S/C9H11ClN2O2/c1-6(11)4-7-5-8(10)2-3-9(7)12(13)14/h2-3,5-6H,4,11H2,1H3/t6-/m0/s1. The van der Waals surface area contributed by atoms with E-state index in [2.05, 4.69) is 0 Å². The lowest BCUT2D eigenvalue weighted by Gasteiger charge is -2.06. The van der Waals surface area contributed by atoms with Crippen molar-refractivity contribution >= 4 is 17.3 Å². The van der Waals surface area contributed by atoms with Crippen molar-refractivity contribution in [3.63, 3.8) is 0 Å². The Balaban J connectivity index is 3.09. The van der Waals surface area contributed by atoms with Gasteiger partial charge in [-0.15, -0.1) is 0 Å². The number of nitro groups is 1. The molecule has 4 nitrogen and oxygen atoms in total. The van der Waals surface area contributed by atoms with Crippen molar-refractivity contribution in [2.45, 2.75) is 19.4 Å². The maximum atomic E-state index is 10.6. The quantitative estimate of drug-likeness (QED) is 0.619. The molecule has 0 saturated carbocycles. The van der Waals surface area contributed by atoms with Crippen LogP contribution in [0.1, 0.15) is 12.5 Å². The molecule has 0 radical (unpaired) electrons. The van der Waals surface area contributed by atoms with E-state index in [4.69, 9.17) is 17.3 Å². The molecule has 0 bridgehead atoms. The average Bonchev–Trinajstić information content (AvgIpc) is 2.01. The van der Waals surface area contributed by atoms with Gasteiger partial charge in [-0.05, 0) is 25.5 Å². The fourth-order valence-electron chi connectivity index (χ4n) is 1.24. The van der Waals surface area contributed by atoms with E-state index in [0.29, 0.717) is 17.0 Å². The van der Waals surface area contributed by atoms with Crippen LogP contribution in [0.4, 0.5) is 5.69 Å². The van der Waals surface area contributed by atoms with Gasteiger partial charge >= 0.3 is 0 Å². The van der Waals surface area contributed by atoms with E-state index >= 15 is 0 Å². The van der Waals surface area contributed by atoms with Gasteiger partial charge in [0.1, 0.15) is 0 Å². The van der Waals surface area contributed by atoms with Gasteiger partial charge in [0.05, 0.1) is 4.92 Å². The first-order valence-corrected chi connectivity index (χ1v) is 4.57. The largest absolute Gasteiger partial charge is 0.328 e. The van der Waals surface area contributed by atoms with Gasteiger partial charge in [0.15, 0.2) is 0 Å². The van der Waals surface area contributed by atoms with Crippen LogP contribution in [0.3, 0.4) is 0 Å². The number of halogens is 1. The van der Waals surface area contributed by atoms with Crippen molar-refractivity contribution in [1.82, 2.24) is 0 Å². The number of rotatable bonds is 3. The van der Waals surface area contributed by atoms with Gasteiger partial charge in [-0.3, -0.25) is 10.1 Å². The fourth-order valence-corrected chi connectivity index (χ4v) is 1.44. The van der Waals surface area contributed by atoms with Crippen molar-refractivity contribution in [3.8, 4) is 0 Å². The molecule has 1 aromatic rings. The van der Waals surface area contributed by atoms with Crippen LogP contribution in [-0.2, 0) is 6.42 Å². The molecule has 0 saturated heterocycles. The predicted octanol–water partition coefficient (Wildman–Crippen LogP) is 2.14. The maximum Gasteiger partial charge on any atom is 0.272 e. The van der Waals surface area contributed by atoms with Gasteiger partial charge in [-0.2, -0.15) is 0 Å². The van der Waals surface area contributed by atoms with Crippen LogP contribution in [0.25, 0.3) is 0 Å². The minimum absolute atomic E-state index is 0.0756. The van der Waals surface area contributed by atoms with Crippen molar-refractivity contribution < 1.29 is 4.92 Å². The Hall–Kier alpha value is -1.13. The van der Waals surface area contributed by atoms with Gasteiger partial charge in [-0.1, -0.05) is 11.6 Å². The van der Waals surface area contributed by atoms with Crippen molar-refractivity contribution in [2.24, 2.45) is 5.73 Å². The van der Waals surface area contributed by atoms with Crippen LogP contribution in [0.2, 0.25) is 5.02 Å². The van der Waals surface area contributed by atoms with E-state index in [9.17, 15) is 10.1 Å². The van der Waals surface area contributed by atoms with Gasteiger partial charge in [-0.25, -0.2) is 0 Å². The number of nitrogens with two attached hydrogens (primary N) is 1. The highest BCUT2D eigenvalue weighted by Crippen LogP contribution is 2.23. The van der Waals surface area contributed by atoms with E-state index in [1.54, 1.807) is 13.0 Å². The normalized spacial score (nSPS) is 12.5. The van der Waals surface area contributed by atoms with Gasteiger partial charge in [0.2, 0.25) is 0 Å². The Kier molecular flexibility index (Phi) is 3.43. The third-order valence-corrected chi connectivity index (χ3v) is 2.02. The molecule has 1 rings (SSSR count). The minimum Gasteiger partial charge on any atom is -0.328 e. The smallest absolute Gasteiger partial charge is 0.272 e. The van der Waals surface area contributed by atoms with E-state index in [0.717, 1.165) is 0 Å². The molecule has 0 heterocycles. The van der Waals surface area contributed by atoms with E-state index < -0.39 is 4.92 Å². The SMILES string of the molecule is C[C@H](N)Cc1cc(Cl)ccc1[N+](=O)[O-]. The van der Waals surface area contributed by atoms with Crippen LogP contribution >= 0.6 is 11.6 Å². The number of hydrogen-bond acceptors (Lipinski definition) is 3. The highest BCUT2D eigenvalue weighted by atomic mass is 35.5. The Morgan fingerprint density at radius 2 is 2.29 bits per heavy atom. The predicted molar refractivity (Wildman–Crippen MR) is 55.5 cm³/mol. The molecule has 14 heavy (non-hydrogen) atoms. The number of nitro benzene ring substituents is 1. The summed E-state index contributed by atoms with van der Waals surface area (Å²) in [7, 11) is 0. The summed E-state index contributed by atoms with van der Waals surface area (Å²) in [6.07, 6.45) is 0.455. The zero-order valence-corrected chi connectivity index (χ0v) is 8.49. The first-order valence-electron chi connectivity index (χ1n) is 4.19. The average molecular weight is 215 g/mol. The summed E-state index contributed by atoms with van der Waals surface area (Å²) in [5, 5.41) is 11.1. The van der Waals surface area contributed by atoms with Crippen molar-refractivity contribution in [3.05, 3.63) is 38.9 Å². The van der Waals surface area contributed by atoms with E-state index in [-0.39, 0.29) is 11.7 Å². The number of nitrogens with zero attached hydrogens (tertiary/aromatic N) is 1. The molecule has 76 valence electrons. The Morgan fingerprint density at radius 1 is 1.64 bits per heavy atom. The molecule has 0 aliphatic rings. The third kappa shape index (κ3) is 2.68. The second-order valence-electron chi connectivity index (χ2n) is 3.21. The van der Waals surface area contributed by atoms with Crippen LogP contribution in [0.5, 0.6) is 0 Å². The topological polar surface area (TPSA) is 69.2 Å². The molecular weight excluding hydrogens is 204 g/mol. The first kappa shape index (κ1) is 10.9. The Morgan fingerprint density at radius 3 is 2.79 bits per heavy atom. The summed E-state index contributed by atoms with van der Waals surface area (Å²) in [6, 6.07) is 4.38. The molecule has 0 fully saturated rings. The van der Waals surface area contributed by atoms with Crippen LogP contribution in [0, 0.1) is 10.1 Å². The number of benzene rings is 1. The summed E-state index contributed by atoms with van der Waals surface area (Å²) >= 11 is 5.74. The molecule has 0 spiro atoms. The van der Waals surface area contributed by atoms with Gasteiger partial charge < -0.3 is 5.73 Å². The molecule has 2 N–H and O–H groups in total. The van der Waals surface area contributed by atoms with Gasteiger partial charge in [0, 0.05) is 22.7 Å². The Bertz CT molecular complexity index is 353. The summed E-state index contributed by atoms with van der Waals surface area (Å²) in [6.45, 7) is 1.80. The lowest BCUT2D eigenvalue weighted by molar-refractivity contribution is -0.385. The van der Waals surface area contributed by atoms with Crippen molar-refractivity contribution in [2.75, 3.05) is 0 Å². The highest BCUT2D eigenvalue weighted by molar-refractivity contribution is 6.30. The molecule has 0 unspecified atom stereocenters. The van der Waals surface area contributed by atoms with Crippen LogP contribution < -0.4 is 5.73 Å². The van der Waals surface area contributed by atoms with E-state index in [1.165, 1.54) is 12.1 Å².